The van der Waals surface area contributed by atoms with E-state index < -0.39 is 48.5 Å². The predicted molar refractivity (Wildman–Crippen MR) is 112 cm³/mol. The quantitative estimate of drug-likeness (QED) is 0.302. The average molecular weight is 462 g/mol. The van der Waals surface area contributed by atoms with Gasteiger partial charge in [-0.3, -0.25) is 4.79 Å². The van der Waals surface area contributed by atoms with Gasteiger partial charge in [-0.05, 0) is 17.7 Å². The summed E-state index contributed by atoms with van der Waals surface area (Å²) < 4.78 is 21.7. The molecule has 33 heavy (non-hydrogen) atoms. The Labute approximate surface area is 186 Å². The van der Waals surface area contributed by atoms with Crippen molar-refractivity contribution in [2.24, 2.45) is 0 Å². The fraction of sp³-hybridized carbons (Fsp3) is 0.318. The molecule has 5 atom stereocenters. The molecule has 11 nitrogen and oxygen atoms in total. The Morgan fingerprint density at radius 1 is 1.00 bits per heavy atom. The summed E-state index contributed by atoms with van der Waals surface area (Å²) in [5.41, 5.74) is -0.214. The highest BCUT2D eigenvalue weighted by molar-refractivity contribution is 5.88. The third-order valence-corrected chi connectivity index (χ3v) is 5.41. The van der Waals surface area contributed by atoms with Crippen molar-refractivity contribution >= 4 is 11.0 Å². The van der Waals surface area contributed by atoms with Crippen molar-refractivity contribution in [3.63, 3.8) is 0 Å². The Hall–Kier alpha value is -3.35. The number of aliphatic hydroxyl groups is 4. The first-order valence-electron chi connectivity index (χ1n) is 9.88. The number of rotatable bonds is 5. The van der Waals surface area contributed by atoms with Crippen LogP contribution in [0.1, 0.15) is 0 Å². The predicted octanol–water partition coefficient (Wildman–Crippen LogP) is 0.0585. The lowest BCUT2D eigenvalue weighted by Crippen LogP contribution is -2.60. The van der Waals surface area contributed by atoms with Crippen LogP contribution in [-0.4, -0.2) is 75.1 Å². The average Bonchev–Trinajstić information content (AvgIpc) is 2.79. The number of methoxy groups -OCH3 is 1. The van der Waals surface area contributed by atoms with E-state index in [9.17, 15) is 35.4 Å². The first kappa shape index (κ1) is 22.8. The molecule has 1 aliphatic rings. The molecule has 176 valence electrons. The summed E-state index contributed by atoms with van der Waals surface area (Å²) in [7, 11) is 1.37. The molecule has 2 aromatic carbocycles. The largest absolute Gasteiger partial charge is 0.508 e. The third-order valence-electron chi connectivity index (χ3n) is 5.41. The van der Waals surface area contributed by atoms with Gasteiger partial charge in [-0.25, -0.2) is 0 Å². The molecule has 0 saturated carbocycles. The standard InChI is InChI=1S/C22H22O11/c1-30-13-3-2-9(11-8-31-15-6-10(24)5-12(25)17(15)18(11)26)4-14(13)32-22-21(29)20(28)19(27)16(7-23)33-22/h2-6,8,16,19-25,27-29H,7H2,1H3/t16-,19-,20+,21-,22-/m1/s1. The van der Waals surface area contributed by atoms with E-state index in [1.165, 1.54) is 31.4 Å². The molecule has 4 rings (SSSR count). The van der Waals surface area contributed by atoms with Crippen molar-refractivity contribution in [1.82, 2.24) is 0 Å². The van der Waals surface area contributed by atoms with Crippen LogP contribution in [0.2, 0.25) is 0 Å². The minimum absolute atomic E-state index is 0.00689. The van der Waals surface area contributed by atoms with Crippen LogP contribution >= 0.6 is 0 Å². The van der Waals surface area contributed by atoms with Crippen molar-refractivity contribution in [3.05, 3.63) is 46.8 Å². The molecule has 1 fully saturated rings. The number of fused-ring (bicyclic) bond motifs is 1. The van der Waals surface area contributed by atoms with Crippen molar-refractivity contribution in [2.45, 2.75) is 30.7 Å². The van der Waals surface area contributed by atoms with Crippen LogP contribution in [0.3, 0.4) is 0 Å². The van der Waals surface area contributed by atoms with Crippen molar-refractivity contribution in [1.29, 1.82) is 0 Å². The minimum atomic E-state index is -1.65. The van der Waals surface area contributed by atoms with Crippen LogP contribution in [0.5, 0.6) is 23.0 Å². The zero-order chi connectivity index (χ0) is 23.9. The first-order valence-corrected chi connectivity index (χ1v) is 9.88. The zero-order valence-corrected chi connectivity index (χ0v) is 17.3. The van der Waals surface area contributed by atoms with Crippen molar-refractivity contribution in [2.75, 3.05) is 13.7 Å². The fourth-order valence-electron chi connectivity index (χ4n) is 3.64. The summed E-state index contributed by atoms with van der Waals surface area (Å²) in [5, 5.41) is 59.1. The second-order valence-corrected chi connectivity index (χ2v) is 7.50. The van der Waals surface area contributed by atoms with Gasteiger partial charge >= 0.3 is 0 Å². The molecule has 6 N–H and O–H groups in total. The molecule has 0 bridgehead atoms. The number of aliphatic hydroxyl groups excluding tert-OH is 4. The Morgan fingerprint density at radius 2 is 1.76 bits per heavy atom. The molecule has 3 aromatic rings. The molecule has 0 aliphatic carbocycles. The summed E-state index contributed by atoms with van der Waals surface area (Å²) in [5.74, 6) is -0.495. The van der Waals surface area contributed by atoms with Crippen LogP contribution in [0, 0.1) is 0 Å². The van der Waals surface area contributed by atoms with Gasteiger partial charge in [0.15, 0.2) is 11.5 Å². The van der Waals surface area contributed by atoms with E-state index in [0.717, 1.165) is 12.3 Å². The molecule has 11 heteroatoms. The van der Waals surface area contributed by atoms with E-state index in [-0.39, 0.29) is 33.8 Å². The first-order chi connectivity index (χ1) is 15.7. The number of aromatic hydroxyl groups is 2. The number of hydrogen-bond acceptors (Lipinski definition) is 11. The number of hydrogen-bond donors (Lipinski definition) is 6. The van der Waals surface area contributed by atoms with Gasteiger partial charge in [-0.1, -0.05) is 6.07 Å². The second-order valence-electron chi connectivity index (χ2n) is 7.50. The lowest BCUT2D eigenvalue weighted by molar-refractivity contribution is -0.277. The van der Waals surface area contributed by atoms with Gasteiger partial charge < -0.3 is 49.3 Å². The van der Waals surface area contributed by atoms with Crippen LogP contribution < -0.4 is 14.9 Å². The molecule has 0 amide bonds. The molecular weight excluding hydrogens is 440 g/mol. The highest BCUT2D eigenvalue weighted by Gasteiger charge is 2.45. The van der Waals surface area contributed by atoms with Gasteiger partial charge in [0, 0.05) is 12.1 Å². The Bertz CT molecular complexity index is 1220. The van der Waals surface area contributed by atoms with Crippen LogP contribution in [-0.2, 0) is 4.74 Å². The topological polar surface area (TPSA) is 179 Å². The summed E-state index contributed by atoms with van der Waals surface area (Å²) in [6.45, 7) is -0.626. The van der Waals surface area contributed by atoms with E-state index in [0.29, 0.717) is 5.56 Å². The molecule has 0 spiro atoms. The minimum Gasteiger partial charge on any atom is -0.508 e. The van der Waals surface area contributed by atoms with Gasteiger partial charge in [-0.15, -0.1) is 0 Å². The van der Waals surface area contributed by atoms with Crippen molar-refractivity contribution < 1.29 is 49.3 Å². The Balaban J connectivity index is 1.74. The van der Waals surface area contributed by atoms with Gasteiger partial charge in [0.25, 0.3) is 0 Å². The van der Waals surface area contributed by atoms with Crippen molar-refractivity contribution in [3.8, 4) is 34.1 Å². The summed E-state index contributed by atoms with van der Waals surface area (Å²) in [4.78, 5) is 13.0. The number of phenolic OH excluding ortho intramolecular Hbond substituents is 2. The molecule has 1 aromatic heterocycles. The van der Waals surface area contributed by atoms with E-state index in [1.54, 1.807) is 0 Å². The van der Waals surface area contributed by atoms with Gasteiger partial charge in [0.2, 0.25) is 11.7 Å². The number of phenols is 2. The van der Waals surface area contributed by atoms with Gasteiger partial charge in [0.05, 0.1) is 19.3 Å². The zero-order valence-electron chi connectivity index (χ0n) is 17.3. The Kier molecular flexibility index (Phi) is 6.15. The second kappa shape index (κ2) is 8.89. The highest BCUT2D eigenvalue weighted by Crippen LogP contribution is 2.36. The maximum atomic E-state index is 13.0. The SMILES string of the molecule is COc1ccc(-c2coc3cc(O)cc(O)c3c2=O)cc1O[C@@H]1O[C@H](CO)[C@@H](O)[C@H](O)[C@H]1O. The molecule has 0 unspecified atom stereocenters. The van der Waals surface area contributed by atoms with E-state index in [1.807, 2.05) is 0 Å². The molecule has 2 heterocycles. The summed E-state index contributed by atoms with van der Waals surface area (Å²) >= 11 is 0. The van der Waals surface area contributed by atoms with E-state index in [2.05, 4.69) is 0 Å². The van der Waals surface area contributed by atoms with Gasteiger partial charge in [0.1, 0.15) is 53.1 Å². The van der Waals surface area contributed by atoms with Crippen LogP contribution in [0.15, 0.2) is 45.8 Å². The molecule has 1 saturated heterocycles. The fourth-order valence-corrected chi connectivity index (χ4v) is 3.64. The molecule has 1 aliphatic heterocycles. The van der Waals surface area contributed by atoms with Crippen LogP contribution in [0.25, 0.3) is 22.1 Å². The van der Waals surface area contributed by atoms with E-state index in [4.69, 9.17) is 18.6 Å². The molecule has 0 radical (unpaired) electrons. The van der Waals surface area contributed by atoms with Crippen LogP contribution in [0.4, 0.5) is 0 Å². The summed E-state index contributed by atoms with van der Waals surface area (Å²) in [6.07, 6.45) is -6.32. The lowest BCUT2D eigenvalue weighted by atomic mass is 9.99. The third kappa shape index (κ3) is 4.08. The molecular formula is C22H22O11. The number of benzene rings is 2. The smallest absolute Gasteiger partial charge is 0.229 e. The van der Waals surface area contributed by atoms with E-state index >= 15 is 0 Å². The number of ether oxygens (including phenoxy) is 3. The maximum absolute atomic E-state index is 13.0. The highest BCUT2D eigenvalue weighted by atomic mass is 16.7. The summed E-state index contributed by atoms with van der Waals surface area (Å²) in [6, 6.07) is 6.63. The lowest BCUT2D eigenvalue weighted by Gasteiger charge is -2.39. The maximum Gasteiger partial charge on any atom is 0.229 e. The van der Waals surface area contributed by atoms with Gasteiger partial charge in [-0.2, -0.15) is 0 Å². The monoisotopic (exact) mass is 462 g/mol. The normalized spacial score (nSPS) is 25.2. The Morgan fingerprint density at radius 3 is 2.45 bits per heavy atom.